The second kappa shape index (κ2) is 9.71. The third-order valence-electron chi connectivity index (χ3n) is 5.80. The number of carbonyl (C=O) groups is 1. The van der Waals surface area contributed by atoms with E-state index in [-0.39, 0.29) is 24.3 Å². The van der Waals surface area contributed by atoms with Crippen LogP contribution in [0.25, 0.3) is 22.3 Å². The summed E-state index contributed by atoms with van der Waals surface area (Å²) in [6, 6.07) is 16.8. The Balaban J connectivity index is 1.31. The largest absolute Gasteiger partial charge is 0.484 e. The van der Waals surface area contributed by atoms with Gasteiger partial charge in [-0.25, -0.2) is 14.4 Å². The van der Waals surface area contributed by atoms with Gasteiger partial charge in [0.1, 0.15) is 17.1 Å². The highest BCUT2D eigenvalue weighted by Crippen LogP contribution is 2.28. The summed E-state index contributed by atoms with van der Waals surface area (Å²) < 4.78 is 19.9. The number of halogens is 2. The van der Waals surface area contributed by atoms with E-state index in [2.05, 4.69) is 15.0 Å². The number of amides is 1. The summed E-state index contributed by atoms with van der Waals surface area (Å²) in [6.07, 6.45) is 0. The van der Waals surface area contributed by atoms with Gasteiger partial charge in [-0.3, -0.25) is 4.79 Å². The van der Waals surface area contributed by atoms with Crippen molar-refractivity contribution in [2.45, 2.75) is 0 Å². The van der Waals surface area contributed by atoms with E-state index in [1.807, 2.05) is 4.90 Å². The van der Waals surface area contributed by atoms with Crippen molar-refractivity contribution in [3.05, 3.63) is 71.5 Å². The fourth-order valence-electron chi connectivity index (χ4n) is 3.99. The van der Waals surface area contributed by atoms with Gasteiger partial charge in [-0.05, 0) is 48.5 Å². The van der Waals surface area contributed by atoms with Crippen molar-refractivity contribution in [2.75, 3.05) is 43.4 Å². The molecule has 35 heavy (non-hydrogen) atoms. The fourth-order valence-corrected chi connectivity index (χ4v) is 4.12. The molecule has 2 aromatic carbocycles. The zero-order chi connectivity index (χ0) is 24.4. The maximum absolute atomic E-state index is 14.3. The molecule has 1 aliphatic rings. The Hall–Kier alpha value is -3.98. The summed E-state index contributed by atoms with van der Waals surface area (Å²) in [5.74, 6) is 0.816. The van der Waals surface area contributed by atoms with Crippen molar-refractivity contribution >= 4 is 40.3 Å². The number of nitrogens with zero attached hydrogens (tertiary/aromatic N) is 5. The number of piperazine rings is 1. The molecular weight excluding hydrogens is 471 g/mol. The SMILES string of the molecule is Nc1nc(N2CCN(C(=O)COc3ccc(Cl)cc3)CC2)c2nc(-c3ccccc3F)ccc2n1. The summed E-state index contributed by atoms with van der Waals surface area (Å²) in [7, 11) is 0. The van der Waals surface area contributed by atoms with Gasteiger partial charge in [-0.2, -0.15) is 4.98 Å². The van der Waals surface area contributed by atoms with Gasteiger partial charge in [0.25, 0.3) is 5.91 Å². The zero-order valence-corrected chi connectivity index (χ0v) is 19.5. The monoisotopic (exact) mass is 492 g/mol. The molecule has 8 nitrogen and oxygen atoms in total. The van der Waals surface area contributed by atoms with Crippen molar-refractivity contribution in [3.63, 3.8) is 0 Å². The van der Waals surface area contributed by atoms with Gasteiger partial charge < -0.3 is 20.3 Å². The smallest absolute Gasteiger partial charge is 0.260 e. The van der Waals surface area contributed by atoms with Crippen LogP contribution in [0.3, 0.4) is 0 Å². The van der Waals surface area contributed by atoms with E-state index in [4.69, 9.17) is 22.1 Å². The molecule has 1 saturated heterocycles. The third-order valence-corrected chi connectivity index (χ3v) is 6.05. The van der Waals surface area contributed by atoms with Gasteiger partial charge in [0.15, 0.2) is 12.4 Å². The minimum Gasteiger partial charge on any atom is -0.484 e. The molecule has 1 fully saturated rings. The lowest BCUT2D eigenvalue weighted by Gasteiger charge is -2.35. The number of pyridine rings is 1. The molecule has 1 aliphatic heterocycles. The standard InChI is InChI=1S/C25H22ClFN6O2/c26-16-5-7-17(8-6-16)35-15-22(34)32-11-13-33(14-12-32)24-23-21(30-25(28)31-24)10-9-20(29-23)18-3-1-2-4-19(18)27/h1-10H,11-15H2,(H2,28,30,31). The van der Waals surface area contributed by atoms with Crippen molar-refractivity contribution in [1.29, 1.82) is 0 Å². The lowest BCUT2D eigenvalue weighted by Crippen LogP contribution is -2.50. The molecule has 10 heteroatoms. The van der Waals surface area contributed by atoms with E-state index >= 15 is 0 Å². The van der Waals surface area contributed by atoms with Gasteiger partial charge in [0.2, 0.25) is 5.95 Å². The quantitative estimate of drug-likeness (QED) is 0.452. The zero-order valence-electron chi connectivity index (χ0n) is 18.7. The van der Waals surface area contributed by atoms with Gasteiger partial charge in [0.05, 0.1) is 11.2 Å². The second-order valence-corrected chi connectivity index (χ2v) is 8.50. The Bertz CT molecular complexity index is 1380. The van der Waals surface area contributed by atoms with Crippen LogP contribution in [0, 0.1) is 5.82 Å². The molecule has 5 rings (SSSR count). The summed E-state index contributed by atoms with van der Waals surface area (Å²) in [5, 5.41) is 0.605. The van der Waals surface area contributed by atoms with Gasteiger partial charge >= 0.3 is 0 Å². The van der Waals surface area contributed by atoms with E-state index in [0.29, 0.717) is 65.1 Å². The molecule has 0 bridgehead atoms. The summed E-state index contributed by atoms with van der Waals surface area (Å²) in [6.45, 7) is 1.98. The molecular formula is C25H22ClFN6O2. The van der Waals surface area contributed by atoms with Crippen molar-refractivity contribution in [2.24, 2.45) is 0 Å². The van der Waals surface area contributed by atoms with Crippen LogP contribution in [0.1, 0.15) is 0 Å². The number of carbonyl (C=O) groups excluding carboxylic acids is 1. The Kier molecular flexibility index (Phi) is 6.33. The van der Waals surface area contributed by atoms with Gasteiger partial charge in [0, 0.05) is 36.8 Å². The number of hydrogen-bond donors (Lipinski definition) is 1. The first kappa shape index (κ1) is 22.8. The lowest BCUT2D eigenvalue weighted by molar-refractivity contribution is -0.133. The number of fused-ring (bicyclic) bond motifs is 1. The number of nitrogen functional groups attached to an aromatic ring is 1. The van der Waals surface area contributed by atoms with E-state index in [1.165, 1.54) is 6.07 Å². The molecule has 0 unspecified atom stereocenters. The van der Waals surface area contributed by atoms with E-state index in [0.717, 1.165) is 0 Å². The normalized spacial score (nSPS) is 13.8. The molecule has 1 amide bonds. The first-order chi connectivity index (χ1) is 17.0. The highest BCUT2D eigenvalue weighted by atomic mass is 35.5. The number of benzene rings is 2. The molecule has 178 valence electrons. The van der Waals surface area contributed by atoms with Crippen LogP contribution >= 0.6 is 11.6 Å². The molecule has 0 saturated carbocycles. The average molecular weight is 493 g/mol. The first-order valence-electron chi connectivity index (χ1n) is 11.1. The Morgan fingerprint density at radius 1 is 0.971 bits per heavy atom. The molecule has 4 aromatic rings. The molecule has 2 N–H and O–H groups in total. The van der Waals surface area contributed by atoms with Crippen LogP contribution in [0.2, 0.25) is 5.02 Å². The minimum atomic E-state index is -0.356. The number of nitrogens with two attached hydrogens (primary N) is 1. The Morgan fingerprint density at radius 3 is 2.46 bits per heavy atom. The Morgan fingerprint density at radius 2 is 1.71 bits per heavy atom. The number of anilines is 2. The van der Waals surface area contributed by atoms with Crippen LogP contribution in [0.5, 0.6) is 5.75 Å². The molecule has 0 radical (unpaired) electrons. The van der Waals surface area contributed by atoms with Crippen LogP contribution in [0.4, 0.5) is 16.2 Å². The maximum atomic E-state index is 14.3. The van der Waals surface area contributed by atoms with E-state index in [9.17, 15) is 9.18 Å². The molecule has 0 atom stereocenters. The van der Waals surface area contributed by atoms with Crippen LogP contribution < -0.4 is 15.4 Å². The highest BCUT2D eigenvalue weighted by molar-refractivity contribution is 6.30. The highest BCUT2D eigenvalue weighted by Gasteiger charge is 2.25. The summed E-state index contributed by atoms with van der Waals surface area (Å²) in [4.78, 5) is 29.8. The Labute approximate surface area is 206 Å². The summed E-state index contributed by atoms with van der Waals surface area (Å²) >= 11 is 5.88. The lowest BCUT2D eigenvalue weighted by atomic mass is 10.1. The molecule has 3 heterocycles. The predicted molar refractivity (Wildman–Crippen MR) is 133 cm³/mol. The maximum Gasteiger partial charge on any atom is 0.260 e. The minimum absolute atomic E-state index is 0.0570. The molecule has 0 spiro atoms. The number of hydrogen-bond acceptors (Lipinski definition) is 7. The van der Waals surface area contributed by atoms with Crippen LogP contribution in [-0.4, -0.2) is 58.5 Å². The number of rotatable bonds is 5. The number of aromatic nitrogens is 3. The van der Waals surface area contributed by atoms with E-state index in [1.54, 1.807) is 59.5 Å². The predicted octanol–water partition coefficient (Wildman–Crippen LogP) is 3.79. The average Bonchev–Trinajstić information content (AvgIpc) is 2.88. The topological polar surface area (TPSA) is 97.5 Å². The molecule has 2 aromatic heterocycles. The van der Waals surface area contributed by atoms with Crippen molar-refractivity contribution in [3.8, 4) is 17.0 Å². The van der Waals surface area contributed by atoms with Crippen LogP contribution in [0.15, 0.2) is 60.7 Å². The fraction of sp³-hybridized carbons (Fsp3) is 0.200. The number of ether oxygens (including phenoxy) is 1. The van der Waals surface area contributed by atoms with E-state index < -0.39 is 0 Å². The van der Waals surface area contributed by atoms with Crippen LogP contribution in [-0.2, 0) is 4.79 Å². The van der Waals surface area contributed by atoms with Crippen molar-refractivity contribution in [1.82, 2.24) is 19.9 Å². The van der Waals surface area contributed by atoms with Gasteiger partial charge in [-0.15, -0.1) is 0 Å². The molecule has 0 aliphatic carbocycles. The van der Waals surface area contributed by atoms with Gasteiger partial charge in [-0.1, -0.05) is 23.7 Å². The van der Waals surface area contributed by atoms with Crippen molar-refractivity contribution < 1.29 is 13.9 Å². The summed E-state index contributed by atoms with van der Waals surface area (Å²) in [5.41, 5.74) is 7.94. The second-order valence-electron chi connectivity index (χ2n) is 8.06. The first-order valence-corrected chi connectivity index (χ1v) is 11.5. The third kappa shape index (κ3) is 4.95.